The van der Waals surface area contributed by atoms with Gasteiger partial charge in [-0.15, -0.1) is 0 Å². The van der Waals surface area contributed by atoms with Crippen molar-refractivity contribution < 1.29 is 19.0 Å². The van der Waals surface area contributed by atoms with E-state index in [-0.39, 0.29) is 24.3 Å². The second-order valence-corrected chi connectivity index (χ2v) is 9.08. The van der Waals surface area contributed by atoms with Crippen LogP contribution in [0.2, 0.25) is 0 Å². The van der Waals surface area contributed by atoms with Gasteiger partial charge in [0.25, 0.3) is 0 Å². The number of ether oxygens (including phenoxy) is 3. The number of rotatable bonds is 9. The molecule has 178 valence electrons. The quantitative estimate of drug-likeness (QED) is 0.275. The minimum Gasteiger partial charge on any atom is -0.497 e. The van der Waals surface area contributed by atoms with E-state index in [2.05, 4.69) is 0 Å². The maximum absolute atomic E-state index is 12.9. The molecule has 0 aliphatic carbocycles. The van der Waals surface area contributed by atoms with E-state index < -0.39 is 5.60 Å². The van der Waals surface area contributed by atoms with Crippen molar-refractivity contribution >= 4 is 12.2 Å². The second kappa shape index (κ2) is 11.5. The highest BCUT2D eigenvalue weighted by molar-refractivity contribution is 5.80. The molecule has 0 unspecified atom stereocenters. The summed E-state index contributed by atoms with van der Waals surface area (Å²) in [7, 11) is 3.29. The van der Waals surface area contributed by atoms with Crippen LogP contribution in [-0.2, 0) is 9.53 Å². The number of benzene rings is 3. The Morgan fingerprint density at radius 2 is 1.38 bits per heavy atom. The van der Waals surface area contributed by atoms with Crippen LogP contribution in [0.3, 0.4) is 0 Å². The number of hydrogen-bond acceptors (Lipinski definition) is 5. The Hall–Kier alpha value is -3.60. The minimum absolute atomic E-state index is 0.206. The van der Waals surface area contributed by atoms with Crippen molar-refractivity contribution in [2.45, 2.75) is 44.8 Å². The van der Waals surface area contributed by atoms with Crippen molar-refractivity contribution in [2.75, 3.05) is 14.2 Å². The van der Waals surface area contributed by atoms with Crippen LogP contribution >= 0.6 is 0 Å². The highest BCUT2D eigenvalue weighted by Crippen LogP contribution is 2.38. The molecular formula is C29H33NO4. The normalized spacial score (nSPS) is 13.3. The molecular weight excluding hydrogens is 426 g/mol. The van der Waals surface area contributed by atoms with Gasteiger partial charge in [-0.2, -0.15) is 0 Å². The summed E-state index contributed by atoms with van der Waals surface area (Å²) in [5.41, 5.74) is 2.41. The van der Waals surface area contributed by atoms with Gasteiger partial charge in [-0.3, -0.25) is 9.79 Å². The van der Waals surface area contributed by atoms with E-state index in [9.17, 15) is 4.79 Å². The summed E-state index contributed by atoms with van der Waals surface area (Å²) < 4.78 is 16.3. The van der Waals surface area contributed by atoms with E-state index in [4.69, 9.17) is 19.2 Å². The number of aliphatic imine (C=N–C) groups is 1. The van der Waals surface area contributed by atoms with Crippen LogP contribution in [-0.4, -0.2) is 32.0 Å². The fourth-order valence-electron chi connectivity index (χ4n) is 3.75. The predicted octanol–water partition coefficient (Wildman–Crippen LogP) is 6.38. The predicted molar refractivity (Wildman–Crippen MR) is 136 cm³/mol. The van der Waals surface area contributed by atoms with Gasteiger partial charge < -0.3 is 14.2 Å². The zero-order valence-electron chi connectivity index (χ0n) is 20.5. The molecule has 0 aliphatic heterocycles. The number of carbonyl (C=O) groups excluding carboxylic acids is 1. The summed E-state index contributed by atoms with van der Waals surface area (Å²) in [6.07, 6.45) is 2.05. The molecule has 0 aromatic heterocycles. The molecule has 0 fully saturated rings. The van der Waals surface area contributed by atoms with E-state index in [1.807, 2.05) is 106 Å². The fraction of sp³-hybridized carbons (Fsp3) is 0.310. The average Bonchev–Trinajstić information content (AvgIpc) is 2.83. The Morgan fingerprint density at radius 1 is 0.824 bits per heavy atom. The first-order valence-electron chi connectivity index (χ1n) is 11.4. The summed E-state index contributed by atoms with van der Waals surface area (Å²) in [5.74, 6) is 1.10. The Labute approximate surface area is 202 Å². The number of carbonyl (C=O) groups is 1. The first-order valence-corrected chi connectivity index (χ1v) is 11.4. The number of hydrogen-bond donors (Lipinski definition) is 0. The summed E-state index contributed by atoms with van der Waals surface area (Å²) in [6.45, 7) is 5.64. The van der Waals surface area contributed by atoms with Crippen LogP contribution < -0.4 is 9.47 Å². The number of nitrogens with zero attached hydrogens (tertiary/aromatic N) is 1. The SMILES string of the molecule is COc1ccc(C=N[C@H](c2ccc(OC)cc2)[C@@H](CC(=O)OC(C)(C)C)c2ccccc2)cc1. The summed E-state index contributed by atoms with van der Waals surface area (Å²) in [5, 5.41) is 0. The molecule has 3 rings (SSSR count). The molecule has 34 heavy (non-hydrogen) atoms. The molecule has 5 nitrogen and oxygen atoms in total. The van der Waals surface area contributed by atoms with E-state index in [1.165, 1.54) is 0 Å². The molecule has 5 heteroatoms. The van der Waals surface area contributed by atoms with Gasteiger partial charge in [0.1, 0.15) is 17.1 Å². The van der Waals surface area contributed by atoms with E-state index in [0.717, 1.165) is 28.2 Å². The molecule has 0 N–H and O–H groups in total. The zero-order chi connectivity index (χ0) is 24.6. The third-order valence-corrected chi connectivity index (χ3v) is 5.37. The zero-order valence-corrected chi connectivity index (χ0v) is 20.5. The number of esters is 1. The molecule has 0 radical (unpaired) electrons. The molecule has 3 aromatic rings. The third kappa shape index (κ3) is 7.20. The van der Waals surface area contributed by atoms with Gasteiger partial charge in [0, 0.05) is 12.1 Å². The second-order valence-electron chi connectivity index (χ2n) is 9.08. The van der Waals surface area contributed by atoms with Crippen LogP contribution in [0.25, 0.3) is 0 Å². The maximum atomic E-state index is 12.9. The lowest BCUT2D eigenvalue weighted by atomic mass is 9.84. The Morgan fingerprint density at radius 3 is 1.91 bits per heavy atom. The standard InChI is InChI=1S/C29H33NO4/c1-29(2,3)34-27(31)19-26(22-9-7-6-8-10-22)28(23-13-17-25(33-5)18-14-23)30-20-21-11-15-24(32-4)16-12-21/h6-18,20,26,28H,19H2,1-5H3/t26-,28+/m0/s1. The first kappa shape index (κ1) is 25.0. The first-order chi connectivity index (χ1) is 16.3. The topological polar surface area (TPSA) is 57.1 Å². The van der Waals surface area contributed by atoms with Crippen LogP contribution in [0.1, 0.15) is 55.8 Å². The van der Waals surface area contributed by atoms with Gasteiger partial charge in [-0.05, 0) is 73.9 Å². The molecule has 2 atom stereocenters. The summed E-state index contributed by atoms with van der Waals surface area (Å²) in [6, 6.07) is 25.3. The van der Waals surface area contributed by atoms with Crippen molar-refractivity contribution in [2.24, 2.45) is 4.99 Å². The Balaban J connectivity index is 2.02. The van der Waals surface area contributed by atoms with Gasteiger partial charge in [0.2, 0.25) is 0 Å². The lowest BCUT2D eigenvalue weighted by molar-refractivity contribution is -0.155. The van der Waals surface area contributed by atoms with Crippen LogP contribution in [0.15, 0.2) is 83.9 Å². The molecule has 0 saturated carbocycles. The average molecular weight is 460 g/mol. The monoisotopic (exact) mass is 459 g/mol. The fourth-order valence-corrected chi connectivity index (χ4v) is 3.75. The lowest BCUT2D eigenvalue weighted by Gasteiger charge is -2.27. The molecule has 0 bridgehead atoms. The molecule has 3 aromatic carbocycles. The van der Waals surface area contributed by atoms with Gasteiger partial charge in [0.05, 0.1) is 26.7 Å². The molecule has 0 amide bonds. The van der Waals surface area contributed by atoms with Crippen molar-refractivity contribution in [1.29, 1.82) is 0 Å². The maximum Gasteiger partial charge on any atom is 0.307 e. The van der Waals surface area contributed by atoms with Gasteiger partial charge in [-0.1, -0.05) is 42.5 Å². The van der Waals surface area contributed by atoms with Gasteiger partial charge >= 0.3 is 5.97 Å². The third-order valence-electron chi connectivity index (χ3n) is 5.37. The lowest BCUT2D eigenvalue weighted by Crippen LogP contribution is -2.26. The van der Waals surface area contributed by atoms with Crippen molar-refractivity contribution in [3.05, 3.63) is 95.6 Å². The highest BCUT2D eigenvalue weighted by atomic mass is 16.6. The molecule has 0 aliphatic rings. The van der Waals surface area contributed by atoms with Gasteiger partial charge in [0.15, 0.2) is 0 Å². The largest absolute Gasteiger partial charge is 0.497 e. The van der Waals surface area contributed by atoms with E-state index >= 15 is 0 Å². The van der Waals surface area contributed by atoms with Crippen LogP contribution in [0.4, 0.5) is 0 Å². The van der Waals surface area contributed by atoms with Crippen LogP contribution in [0.5, 0.6) is 11.5 Å². The van der Waals surface area contributed by atoms with Crippen molar-refractivity contribution in [3.8, 4) is 11.5 Å². The van der Waals surface area contributed by atoms with Gasteiger partial charge in [-0.25, -0.2) is 0 Å². The molecule has 0 spiro atoms. The van der Waals surface area contributed by atoms with E-state index in [1.54, 1.807) is 14.2 Å². The minimum atomic E-state index is -0.555. The smallest absolute Gasteiger partial charge is 0.307 e. The van der Waals surface area contributed by atoms with Crippen LogP contribution in [0, 0.1) is 0 Å². The highest BCUT2D eigenvalue weighted by Gasteiger charge is 2.29. The molecule has 0 heterocycles. The molecule has 0 saturated heterocycles. The summed E-state index contributed by atoms with van der Waals surface area (Å²) in [4.78, 5) is 17.9. The summed E-state index contributed by atoms with van der Waals surface area (Å²) >= 11 is 0. The van der Waals surface area contributed by atoms with Crippen molar-refractivity contribution in [3.63, 3.8) is 0 Å². The Bertz CT molecular complexity index is 1070. The Kier molecular flexibility index (Phi) is 8.47. The van der Waals surface area contributed by atoms with E-state index in [0.29, 0.717) is 0 Å². The number of methoxy groups -OCH3 is 2. The van der Waals surface area contributed by atoms with Crippen molar-refractivity contribution in [1.82, 2.24) is 0 Å².